The molecule has 14 heteroatoms. The lowest BCUT2D eigenvalue weighted by atomic mass is 10.1. The minimum Gasteiger partial charge on any atom is -0.490 e. The second-order valence-corrected chi connectivity index (χ2v) is 8.66. The summed E-state index contributed by atoms with van der Waals surface area (Å²) in [5, 5.41) is 8.33. The number of halogens is 4. The number of amides is 1. The third-order valence-corrected chi connectivity index (χ3v) is 6.00. The van der Waals surface area contributed by atoms with E-state index >= 15 is 0 Å². The van der Waals surface area contributed by atoms with E-state index < -0.39 is 23.1 Å². The number of hydrogen-bond acceptors (Lipinski definition) is 8. The van der Waals surface area contributed by atoms with E-state index in [2.05, 4.69) is 15.4 Å². The van der Waals surface area contributed by atoms with Crippen molar-refractivity contribution < 1.29 is 31.8 Å². The number of pyridine rings is 1. The Kier molecular flexibility index (Phi) is 7.62. The van der Waals surface area contributed by atoms with Crippen LogP contribution in [0.15, 0.2) is 23.3 Å². The summed E-state index contributed by atoms with van der Waals surface area (Å²) < 4.78 is 64.0. The molecule has 196 valence electrons. The summed E-state index contributed by atoms with van der Waals surface area (Å²) in [6.07, 6.45) is -1.87. The molecule has 1 saturated heterocycles. The predicted octanol–water partition coefficient (Wildman–Crippen LogP) is 2.03. The SMILES string of the molecule is CC(COCCC(=O)N1CCN2c3ncc(C(F)(F)F)cc3OCCC2C1)Nc1cn[nH]c(=O)c1F. The zero-order chi connectivity index (χ0) is 25.9. The van der Waals surface area contributed by atoms with Gasteiger partial charge in [-0.25, -0.2) is 10.1 Å². The maximum Gasteiger partial charge on any atom is 0.418 e. The van der Waals surface area contributed by atoms with Gasteiger partial charge in [0.1, 0.15) is 0 Å². The van der Waals surface area contributed by atoms with E-state index in [4.69, 9.17) is 9.47 Å². The van der Waals surface area contributed by atoms with E-state index in [1.165, 1.54) is 0 Å². The number of aromatic nitrogens is 3. The fourth-order valence-corrected chi connectivity index (χ4v) is 4.20. The molecule has 4 rings (SSSR count). The zero-order valence-corrected chi connectivity index (χ0v) is 19.5. The molecular formula is C22H26F4N6O4. The summed E-state index contributed by atoms with van der Waals surface area (Å²) in [6, 6.07) is 0.505. The first-order valence-electron chi connectivity index (χ1n) is 11.5. The smallest absolute Gasteiger partial charge is 0.418 e. The Bertz CT molecular complexity index is 1140. The van der Waals surface area contributed by atoms with Crippen molar-refractivity contribution in [1.29, 1.82) is 0 Å². The fraction of sp³-hybridized carbons (Fsp3) is 0.545. The molecular weight excluding hydrogens is 488 g/mol. The first-order chi connectivity index (χ1) is 17.1. The van der Waals surface area contributed by atoms with Crippen molar-refractivity contribution in [2.24, 2.45) is 0 Å². The van der Waals surface area contributed by atoms with Crippen LogP contribution in [0.4, 0.5) is 29.1 Å². The molecule has 2 aromatic heterocycles. The first kappa shape index (κ1) is 25.7. The lowest BCUT2D eigenvalue weighted by Crippen LogP contribution is -2.55. The average Bonchev–Trinajstić information content (AvgIpc) is 3.02. The second-order valence-electron chi connectivity index (χ2n) is 8.66. The molecule has 0 aliphatic carbocycles. The van der Waals surface area contributed by atoms with Crippen LogP contribution in [0.25, 0.3) is 0 Å². The highest BCUT2D eigenvalue weighted by atomic mass is 19.4. The summed E-state index contributed by atoms with van der Waals surface area (Å²) in [5.41, 5.74) is -1.83. The van der Waals surface area contributed by atoms with Crippen molar-refractivity contribution in [1.82, 2.24) is 20.1 Å². The largest absolute Gasteiger partial charge is 0.490 e. The van der Waals surface area contributed by atoms with Gasteiger partial charge in [-0.3, -0.25) is 9.59 Å². The van der Waals surface area contributed by atoms with Crippen molar-refractivity contribution >= 4 is 17.4 Å². The molecule has 0 aromatic carbocycles. The quantitative estimate of drug-likeness (QED) is 0.427. The van der Waals surface area contributed by atoms with Crippen LogP contribution in [-0.4, -0.2) is 77.5 Å². The van der Waals surface area contributed by atoms with Gasteiger partial charge in [0.25, 0.3) is 0 Å². The Morgan fingerprint density at radius 3 is 2.94 bits per heavy atom. The monoisotopic (exact) mass is 514 g/mol. The number of ether oxygens (including phenoxy) is 2. The minimum atomic E-state index is -4.51. The lowest BCUT2D eigenvalue weighted by molar-refractivity contribution is -0.138. The Morgan fingerprint density at radius 1 is 1.36 bits per heavy atom. The average molecular weight is 514 g/mol. The van der Waals surface area contributed by atoms with E-state index in [1.807, 2.05) is 10.00 Å². The summed E-state index contributed by atoms with van der Waals surface area (Å²) >= 11 is 0. The normalized spacial score (nSPS) is 18.5. The number of fused-ring (bicyclic) bond motifs is 3. The van der Waals surface area contributed by atoms with E-state index in [-0.39, 0.29) is 55.7 Å². The van der Waals surface area contributed by atoms with E-state index in [1.54, 1.807) is 11.8 Å². The number of aromatic amines is 1. The van der Waals surface area contributed by atoms with Gasteiger partial charge in [-0.05, 0) is 13.0 Å². The number of nitrogens with zero attached hydrogens (tertiary/aromatic N) is 4. The molecule has 0 bridgehead atoms. The van der Waals surface area contributed by atoms with Gasteiger partial charge in [0.15, 0.2) is 11.6 Å². The topological polar surface area (TPSA) is 113 Å². The van der Waals surface area contributed by atoms with Crippen LogP contribution in [0.1, 0.15) is 25.3 Å². The molecule has 2 aliphatic rings. The van der Waals surface area contributed by atoms with E-state index in [9.17, 15) is 27.2 Å². The molecule has 1 amide bonds. The van der Waals surface area contributed by atoms with Crippen LogP contribution >= 0.6 is 0 Å². The Morgan fingerprint density at radius 2 is 2.17 bits per heavy atom. The number of hydrogen-bond donors (Lipinski definition) is 2. The molecule has 0 saturated carbocycles. The number of H-pyrrole nitrogens is 1. The van der Waals surface area contributed by atoms with Crippen LogP contribution in [-0.2, 0) is 15.7 Å². The molecule has 10 nitrogen and oxygen atoms in total. The highest BCUT2D eigenvalue weighted by Crippen LogP contribution is 2.38. The number of carbonyl (C=O) groups excluding carboxylic acids is 1. The highest BCUT2D eigenvalue weighted by Gasteiger charge is 2.36. The molecule has 0 radical (unpaired) electrons. The van der Waals surface area contributed by atoms with Gasteiger partial charge in [0, 0.05) is 38.3 Å². The lowest BCUT2D eigenvalue weighted by Gasteiger charge is -2.41. The van der Waals surface area contributed by atoms with Crippen LogP contribution in [0.2, 0.25) is 0 Å². The number of nitrogens with one attached hydrogen (secondary N) is 2. The molecule has 1 fully saturated rings. The number of alkyl halides is 3. The zero-order valence-electron chi connectivity index (χ0n) is 19.5. The molecule has 36 heavy (non-hydrogen) atoms. The molecule has 4 heterocycles. The standard InChI is InChI=1S/C22H26F4N6O4/c1-13(29-16-10-28-30-21(34)19(16)23)12-35-6-3-18(33)31-4-5-32-15(11-31)2-7-36-17-8-14(22(24,25)26)9-27-20(17)32/h8-10,13,15H,2-7,11-12H2,1H3,(H2,29,30,34). The maximum atomic E-state index is 13.8. The minimum absolute atomic E-state index is 0.0399. The van der Waals surface area contributed by atoms with Crippen molar-refractivity contribution in [2.75, 3.05) is 49.7 Å². The number of carbonyl (C=O) groups is 1. The van der Waals surface area contributed by atoms with Crippen LogP contribution in [0.5, 0.6) is 5.75 Å². The van der Waals surface area contributed by atoms with Gasteiger partial charge in [-0.1, -0.05) is 0 Å². The van der Waals surface area contributed by atoms with Crippen molar-refractivity contribution in [3.8, 4) is 5.75 Å². The summed E-state index contributed by atoms with van der Waals surface area (Å²) in [6.45, 7) is 3.50. The van der Waals surface area contributed by atoms with Gasteiger partial charge in [0.05, 0.1) is 49.7 Å². The Labute approximate surface area is 203 Å². The molecule has 2 aromatic rings. The maximum absolute atomic E-state index is 13.8. The third-order valence-electron chi connectivity index (χ3n) is 6.00. The van der Waals surface area contributed by atoms with E-state index in [0.717, 1.165) is 18.5 Å². The van der Waals surface area contributed by atoms with Crippen LogP contribution < -0.4 is 20.5 Å². The Hall–Kier alpha value is -3.42. The van der Waals surface area contributed by atoms with Gasteiger partial charge in [-0.15, -0.1) is 0 Å². The van der Waals surface area contributed by atoms with Gasteiger partial charge >= 0.3 is 11.7 Å². The van der Waals surface area contributed by atoms with Crippen molar-refractivity contribution in [2.45, 2.75) is 38.0 Å². The third kappa shape index (κ3) is 5.86. The highest BCUT2D eigenvalue weighted by molar-refractivity contribution is 5.76. The van der Waals surface area contributed by atoms with Crippen molar-refractivity contribution in [3.05, 3.63) is 40.2 Å². The molecule has 2 N–H and O–H groups in total. The summed E-state index contributed by atoms with van der Waals surface area (Å²) in [7, 11) is 0. The number of rotatable bonds is 7. The molecule has 2 atom stereocenters. The van der Waals surface area contributed by atoms with Gasteiger partial charge in [-0.2, -0.15) is 22.7 Å². The predicted molar refractivity (Wildman–Crippen MR) is 120 cm³/mol. The van der Waals surface area contributed by atoms with Crippen LogP contribution in [0, 0.1) is 5.82 Å². The summed E-state index contributed by atoms with van der Waals surface area (Å²) in [4.78, 5) is 31.6. The second kappa shape index (κ2) is 10.7. The number of piperazine rings is 1. The molecule has 2 unspecified atom stereocenters. The number of anilines is 2. The Balaban J connectivity index is 1.25. The summed E-state index contributed by atoms with van der Waals surface area (Å²) in [5.74, 6) is -0.618. The molecule has 0 spiro atoms. The molecule has 2 aliphatic heterocycles. The van der Waals surface area contributed by atoms with Gasteiger partial charge < -0.3 is 24.6 Å². The van der Waals surface area contributed by atoms with Crippen molar-refractivity contribution in [3.63, 3.8) is 0 Å². The van der Waals surface area contributed by atoms with E-state index in [0.29, 0.717) is 31.9 Å². The van der Waals surface area contributed by atoms with Crippen LogP contribution in [0.3, 0.4) is 0 Å². The van der Waals surface area contributed by atoms with Gasteiger partial charge in [0.2, 0.25) is 11.7 Å². The first-order valence-corrected chi connectivity index (χ1v) is 11.5. The fourth-order valence-electron chi connectivity index (χ4n) is 4.20.